The van der Waals surface area contributed by atoms with Gasteiger partial charge in [-0.15, -0.1) is 0 Å². The largest absolute Gasteiger partial charge is 0.495 e. The van der Waals surface area contributed by atoms with Crippen molar-refractivity contribution in [2.45, 2.75) is 19.8 Å². The highest BCUT2D eigenvalue weighted by Crippen LogP contribution is 2.35. The summed E-state index contributed by atoms with van der Waals surface area (Å²) in [4.78, 5) is 24.4. The quantitative estimate of drug-likeness (QED) is 0.748. The summed E-state index contributed by atoms with van der Waals surface area (Å²) < 4.78 is 10.4. The van der Waals surface area contributed by atoms with E-state index in [1.165, 1.54) is 14.2 Å². The number of aryl methyl sites for hydroxylation is 1. The summed E-state index contributed by atoms with van der Waals surface area (Å²) in [6.07, 6.45) is 0.199. The van der Waals surface area contributed by atoms with Gasteiger partial charge in [0.05, 0.1) is 24.9 Å². The maximum atomic E-state index is 12.2. The molecule has 0 aliphatic carbocycles. The topological polar surface area (TPSA) is 64.6 Å². The van der Waals surface area contributed by atoms with Crippen LogP contribution in [0, 0.1) is 6.92 Å². The molecule has 0 unspecified atom stereocenters. The Kier molecular flexibility index (Phi) is 6.42. The van der Waals surface area contributed by atoms with Crippen LogP contribution in [-0.2, 0) is 4.79 Å². The van der Waals surface area contributed by atoms with Crippen molar-refractivity contribution < 1.29 is 19.1 Å². The molecular weight excluding hydrogens is 342 g/mol. The predicted octanol–water partition coefficient (Wildman–Crippen LogP) is 4.27. The van der Waals surface area contributed by atoms with Crippen LogP contribution in [0.25, 0.3) is 0 Å². The maximum Gasteiger partial charge on any atom is 0.224 e. The molecule has 2 aromatic rings. The van der Waals surface area contributed by atoms with Crippen LogP contribution in [0.4, 0.5) is 5.69 Å². The summed E-state index contributed by atoms with van der Waals surface area (Å²) in [6.45, 7) is 1.87. The number of carbonyl (C=O) groups excluding carboxylic acids is 2. The van der Waals surface area contributed by atoms with Gasteiger partial charge in [0.2, 0.25) is 5.91 Å². The fraction of sp³-hybridized carbons (Fsp3) is 0.263. The van der Waals surface area contributed by atoms with Crippen LogP contribution in [0.2, 0.25) is 5.02 Å². The normalized spacial score (nSPS) is 10.2. The number of hydrogen-bond donors (Lipinski definition) is 1. The Bertz CT molecular complexity index is 789. The summed E-state index contributed by atoms with van der Waals surface area (Å²) >= 11 is 6.04. The van der Waals surface area contributed by atoms with Crippen LogP contribution in [-0.4, -0.2) is 25.9 Å². The lowest BCUT2D eigenvalue weighted by Gasteiger charge is -2.13. The van der Waals surface area contributed by atoms with E-state index in [-0.39, 0.29) is 24.5 Å². The first-order valence-corrected chi connectivity index (χ1v) is 8.14. The molecule has 0 aliphatic heterocycles. The fourth-order valence-electron chi connectivity index (χ4n) is 2.42. The first kappa shape index (κ1) is 18.8. The van der Waals surface area contributed by atoms with Gasteiger partial charge in [-0.25, -0.2) is 0 Å². The highest BCUT2D eigenvalue weighted by atomic mass is 35.5. The number of amides is 1. The first-order valence-electron chi connectivity index (χ1n) is 7.76. The van der Waals surface area contributed by atoms with Crippen molar-refractivity contribution in [1.82, 2.24) is 0 Å². The molecular formula is C19H20ClNO4. The fourth-order valence-corrected chi connectivity index (χ4v) is 2.65. The number of Topliss-reactive ketones (excluding diaryl/α,β-unsaturated/α-hetero) is 1. The standard InChI is InChI=1S/C19H20ClNO4/c1-12-6-4-5-7-13(12)16(22)8-9-19(23)21-15-11-17(24-2)14(20)10-18(15)25-3/h4-7,10-11H,8-9H2,1-3H3,(H,21,23). The van der Waals surface area contributed by atoms with Gasteiger partial charge in [-0.05, 0) is 12.5 Å². The van der Waals surface area contributed by atoms with E-state index in [1.807, 2.05) is 25.1 Å². The number of hydrogen-bond acceptors (Lipinski definition) is 4. The van der Waals surface area contributed by atoms with E-state index >= 15 is 0 Å². The molecule has 0 atom stereocenters. The summed E-state index contributed by atoms with van der Waals surface area (Å²) in [7, 11) is 2.97. The van der Waals surface area contributed by atoms with E-state index in [0.717, 1.165) is 5.56 Å². The van der Waals surface area contributed by atoms with E-state index in [9.17, 15) is 9.59 Å². The number of anilines is 1. The van der Waals surface area contributed by atoms with Gasteiger partial charge in [-0.3, -0.25) is 9.59 Å². The van der Waals surface area contributed by atoms with Crippen LogP contribution in [0.15, 0.2) is 36.4 Å². The zero-order chi connectivity index (χ0) is 18.4. The number of carbonyl (C=O) groups is 2. The summed E-state index contributed by atoms with van der Waals surface area (Å²) in [5.74, 6) is 0.497. The summed E-state index contributed by atoms with van der Waals surface area (Å²) in [5.41, 5.74) is 1.98. The predicted molar refractivity (Wildman–Crippen MR) is 97.9 cm³/mol. The van der Waals surface area contributed by atoms with E-state index in [2.05, 4.69) is 5.32 Å². The molecule has 0 heterocycles. The van der Waals surface area contributed by atoms with Crippen molar-refractivity contribution in [2.24, 2.45) is 0 Å². The number of methoxy groups -OCH3 is 2. The summed E-state index contributed by atoms with van der Waals surface area (Å²) in [5, 5.41) is 3.11. The smallest absolute Gasteiger partial charge is 0.224 e. The van der Waals surface area contributed by atoms with Gasteiger partial charge in [0, 0.05) is 30.5 Å². The Hall–Kier alpha value is -2.53. The SMILES string of the molecule is COc1cc(NC(=O)CCC(=O)c2ccccc2C)c(OC)cc1Cl. The second-order valence-electron chi connectivity index (χ2n) is 5.47. The minimum atomic E-state index is -0.287. The van der Waals surface area contributed by atoms with E-state index in [4.69, 9.17) is 21.1 Å². The van der Waals surface area contributed by atoms with Gasteiger partial charge in [0.25, 0.3) is 0 Å². The third-order valence-electron chi connectivity index (χ3n) is 3.77. The molecule has 5 nitrogen and oxygen atoms in total. The number of ether oxygens (including phenoxy) is 2. The van der Waals surface area contributed by atoms with Crippen LogP contribution in [0.3, 0.4) is 0 Å². The molecule has 2 rings (SSSR count). The molecule has 6 heteroatoms. The van der Waals surface area contributed by atoms with Gasteiger partial charge in [0.15, 0.2) is 5.78 Å². The minimum absolute atomic E-state index is 0.0612. The lowest BCUT2D eigenvalue weighted by Crippen LogP contribution is -2.14. The molecule has 0 fully saturated rings. The van der Waals surface area contributed by atoms with Crippen LogP contribution in [0.5, 0.6) is 11.5 Å². The molecule has 0 bridgehead atoms. The monoisotopic (exact) mass is 361 g/mol. The van der Waals surface area contributed by atoms with Crippen molar-refractivity contribution in [3.8, 4) is 11.5 Å². The van der Waals surface area contributed by atoms with E-state index < -0.39 is 0 Å². The lowest BCUT2D eigenvalue weighted by molar-refractivity contribution is -0.116. The zero-order valence-electron chi connectivity index (χ0n) is 14.4. The molecule has 0 aromatic heterocycles. The zero-order valence-corrected chi connectivity index (χ0v) is 15.1. The number of nitrogens with one attached hydrogen (secondary N) is 1. The van der Waals surface area contributed by atoms with Crippen LogP contribution < -0.4 is 14.8 Å². The highest BCUT2D eigenvalue weighted by molar-refractivity contribution is 6.32. The maximum absolute atomic E-state index is 12.2. The summed E-state index contributed by atoms with van der Waals surface area (Å²) in [6, 6.07) is 10.5. The van der Waals surface area contributed by atoms with E-state index in [1.54, 1.807) is 18.2 Å². The first-order chi connectivity index (χ1) is 12.0. The number of rotatable bonds is 7. The molecule has 0 saturated heterocycles. The average Bonchev–Trinajstić information content (AvgIpc) is 2.61. The van der Waals surface area contributed by atoms with Gasteiger partial charge in [-0.1, -0.05) is 35.9 Å². The second-order valence-corrected chi connectivity index (χ2v) is 5.88. The van der Waals surface area contributed by atoms with Crippen molar-refractivity contribution in [1.29, 1.82) is 0 Å². The second kappa shape index (κ2) is 8.53. The Labute approximate surface area is 151 Å². The molecule has 132 valence electrons. The van der Waals surface area contributed by atoms with Gasteiger partial charge < -0.3 is 14.8 Å². The number of benzene rings is 2. The van der Waals surface area contributed by atoms with Crippen LogP contribution >= 0.6 is 11.6 Å². The minimum Gasteiger partial charge on any atom is -0.495 e. The number of ketones is 1. The van der Waals surface area contributed by atoms with Crippen LogP contribution in [0.1, 0.15) is 28.8 Å². The number of halogens is 1. The highest BCUT2D eigenvalue weighted by Gasteiger charge is 2.15. The molecule has 0 saturated carbocycles. The van der Waals surface area contributed by atoms with Crippen molar-refractivity contribution >= 4 is 29.0 Å². The molecule has 0 spiro atoms. The Morgan fingerprint density at radius 2 is 1.72 bits per heavy atom. The molecule has 2 aromatic carbocycles. The molecule has 0 aliphatic rings. The van der Waals surface area contributed by atoms with Gasteiger partial charge >= 0.3 is 0 Å². The van der Waals surface area contributed by atoms with Crippen molar-refractivity contribution in [2.75, 3.05) is 19.5 Å². The average molecular weight is 362 g/mol. The molecule has 25 heavy (non-hydrogen) atoms. The third-order valence-corrected chi connectivity index (χ3v) is 4.07. The lowest BCUT2D eigenvalue weighted by atomic mass is 10.0. The third kappa shape index (κ3) is 4.73. The van der Waals surface area contributed by atoms with Crippen molar-refractivity contribution in [3.63, 3.8) is 0 Å². The van der Waals surface area contributed by atoms with E-state index in [0.29, 0.717) is 27.8 Å². The van der Waals surface area contributed by atoms with Gasteiger partial charge in [-0.2, -0.15) is 0 Å². The Morgan fingerprint density at radius 3 is 2.36 bits per heavy atom. The Balaban J connectivity index is 2.03. The molecule has 1 N–H and O–H groups in total. The molecule has 1 amide bonds. The van der Waals surface area contributed by atoms with Gasteiger partial charge in [0.1, 0.15) is 11.5 Å². The Morgan fingerprint density at radius 1 is 1.04 bits per heavy atom. The molecule has 0 radical (unpaired) electrons. The van der Waals surface area contributed by atoms with Crippen molar-refractivity contribution in [3.05, 3.63) is 52.5 Å².